The number of nitrogens with zero attached hydrogens (tertiary/aromatic N) is 2. The van der Waals surface area contributed by atoms with Gasteiger partial charge in [-0.25, -0.2) is 0 Å². The van der Waals surface area contributed by atoms with E-state index in [4.69, 9.17) is 9.26 Å². The molecule has 2 atom stereocenters. The molecule has 1 amide bonds. The molecular weight excluding hydrogens is 434 g/mol. The molecule has 8 heteroatoms. The molecule has 1 aromatic heterocycles. The van der Waals surface area contributed by atoms with E-state index in [9.17, 15) is 14.4 Å². The van der Waals surface area contributed by atoms with Crippen molar-refractivity contribution < 1.29 is 23.6 Å². The summed E-state index contributed by atoms with van der Waals surface area (Å²) in [6, 6.07) is 15.2. The molecule has 2 aliphatic rings. The van der Waals surface area contributed by atoms with Crippen molar-refractivity contribution in [2.45, 2.75) is 18.9 Å². The topological polar surface area (TPSA) is 102 Å². The average Bonchev–Trinajstić information content (AvgIpc) is 3.52. The number of carbonyl (C=O) groups is 3. The molecule has 2 unspecified atom stereocenters. The Morgan fingerprint density at radius 1 is 1.03 bits per heavy atom. The second-order valence-electron chi connectivity index (χ2n) is 8.62. The van der Waals surface area contributed by atoms with Crippen molar-refractivity contribution in [2.75, 3.05) is 25.1 Å². The Morgan fingerprint density at radius 3 is 2.35 bits per heavy atom. The summed E-state index contributed by atoms with van der Waals surface area (Å²) >= 11 is 0. The fraction of sp³-hybridized carbons (Fsp3) is 0.308. The normalized spacial score (nSPS) is 21.1. The minimum absolute atomic E-state index is 0.0269. The van der Waals surface area contributed by atoms with Crippen LogP contribution in [-0.4, -0.2) is 48.9 Å². The quantitative estimate of drug-likeness (QED) is 0.343. The Labute approximate surface area is 196 Å². The predicted molar refractivity (Wildman–Crippen MR) is 125 cm³/mol. The number of hydrogen-bond donors (Lipinski definition) is 1. The van der Waals surface area contributed by atoms with Crippen LogP contribution in [0.5, 0.6) is 5.75 Å². The van der Waals surface area contributed by atoms with Crippen LogP contribution in [0.25, 0.3) is 11.3 Å². The highest BCUT2D eigenvalue weighted by atomic mass is 16.5. The molecule has 174 valence electrons. The maximum Gasteiger partial charge on any atom is 0.295 e. The fourth-order valence-electron chi connectivity index (χ4n) is 5.01. The van der Waals surface area contributed by atoms with Crippen molar-refractivity contribution in [1.82, 2.24) is 10.5 Å². The average molecular weight is 460 g/mol. The van der Waals surface area contributed by atoms with E-state index < -0.39 is 23.7 Å². The third kappa shape index (κ3) is 3.90. The molecule has 3 aromatic rings. The monoisotopic (exact) mass is 459 g/mol. The molecule has 0 spiro atoms. The third-order valence-corrected chi connectivity index (χ3v) is 6.75. The number of nitrogens with one attached hydrogen (secondary N) is 1. The number of rotatable bonds is 6. The molecule has 34 heavy (non-hydrogen) atoms. The van der Waals surface area contributed by atoms with Gasteiger partial charge in [-0.15, -0.1) is 0 Å². The predicted octanol–water partition coefficient (Wildman–Crippen LogP) is 3.13. The molecule has 1 N–H and O–H groups in total. The van der Waals surface area contributed by atoms with Crippen LogP contribution in [0, 0.1) is 11.8 Å². The van der Waals surface area contributed by atoms with Gasteiger partial charge in [-0.3, -0.25) is 14.4 Å². The second-order valence-corrected chi connectivity index (χ2v) is 8.62. The summed E-state index contributed by atoms with van der Waals surface area (Å²) in [5.41, 5.74) is 2.51. The minimum atomic E-state index is -1.04. The lowest BCUT2D eigenvalue weighted by Crippen LogP contribution is -2.46. The summed E-state index contributed by atoms with van der Waals surface area (Å²) in [6.45, 7) is 1.57. The molecule has 0 bridgehead atoms. The van der Waals surface area contributed by atoms with Gasteiger partial charge in [-0.2, -0.15) is 0 Å². The molecule has 2 fully saturated rings. The summed E-state index contributed by atoms with van der Waals surface area (Å²) in [5, 5.41) is 7.26. The number of ether oxygens (including phenoxy) is 1. The van der Waals surface area contributed by atoms with Crippen LogP contribution < -0.4 is 15.0 Å². The summed E-state index contributed by atoms with van der Waals surface area (Å²) in [6.07, 6.45) is 3.06. The fourth-order valence-corrected chi connectivity index (χ4v) is 5.01. The van der Waals surface area contributed by atoms with Gasteiger partial charge in [0.25, 0.3) is 5.91 Å². The van der Waals surface area contributed by atoms with E-state index in [-0.39, 0.29) is 11.7 Å². The standard InChI is InChI=1S/C26H25N3O5/c1-33-20-8-4-18(5-9-20)24(30)22-23(17-10-13-27-14-11-17)29(26(32)25(22)31)19-6-2-16(3-7-19)21-12-15-34-28-21/h2-9,12,15,17,22-23,27H,10-11,13-14H2,1H3. The maximum atomic E-state index is 13.6. The lowest BCUT2D eigenvalue weighted by Gasteiger charge is -2.36. The highest BCUT2D eigenvalue weighted by Crippen LogP contribution is 2.38. The molecule has 2 saturated heterocycles. The SMILES string of the molecule is COc1ccc(C(=O)C2C(=O)C(=O)N(c3ccc(-c4ccon4)cc3)C2C2CCNCC2)cc1. The molecule has 2 aromatic carbocycles. The molecule has 2 aliphatic heterocycles. The Kier molecular flexibility index (Phi) is 5.98. The first-order chi connectivity index (χ1) is 16.6. The van der Waals surface area contributed by atoms with E-state index in [1.165, 1.54) is 11.2 Å². The van der Waals surface area contributed by atoms with Gasteiger partial charge < -0.3 is 19.5 Å². The molecule has 5 rings (SSSR count). The van der Waals surface area contributed by atoms with Gasteiger partial charge in [0.05, 0.1) is 13.2 Å². The number of Topliss-reactive ketones (excluding diaryl/α,β-unsaturated/α-hetero) is 2. The number of amides is 1. The Bertz CT molecular complexity index is 1180. The van der Waals surface area contributed by atoms with Gasteiger partial charge in [-0.05, 0) is 68.2 Å². The van der Waals surface area contributed by atoms with E-state index >= 15 is 0 Å². The number of benzene rings is 2. The number of piperidine rings is 1. The molecule has 3 heterocycles. The van der Waals surface area contributed by atoms with Crippen molar-refractivity contribution in [3.05, 3.63) is 66.4 Å². The molecule has 0 aliphatic carbocycles. The second kappa shape index (κ2) is 9.23. The van der Waals surface area contributed by atoms with E-state index in [0.717, 1.165) is 31.5 Å². The van der Waals surface area contributed by atoms with Crippen LogP contribution in [0.3, 0.4) is 0 Å². The molecule has 0 radical (unpaired) electrons. The highest BCUT2D eigenvalue weighted by molar-refractivity contribution is 6.49. The van der Waals surface area contributed by atoms with Gasteiger partial charge in [-0.1, -0.05) is 17.3 Å². The van der Waals surface area contributed by atoms with Crippen molar-refractivity contribution in [3.63, 3.8) is 0 Å². The van der Waals surface area contributed by atoms with Crippen molar-refractivity contribution in [1.29, 1.82) is 0 Å². The first-order valence-corrected chi connectivity index (χ1v) is 11.4. The van der Waals surface area contributed by atoms with Crippen LogP contribution in [0.15, 0.2) is 65.4 Å². The van der Waals surface area contributed by atoms with Crippen LogP contribution in [0.1, 0.15) is 23.2 Å². The van der Waals surface area contributed by atoms with Crippen LogP contribution >= 0.6 is 0 Å². The van der Waals surface area contributed by atoms with Gasteiger partial charge >= 0.3 is 0 Å². The number of ketones is 2. The Hall–Kier alpha value is -3.78. The highest BCUT2D eigenvalue weighted by Gasteiger charge is 2.54. The lowest BCUT2D eigenvalue weighted by atomic mass is 9.79. The number of carbonyl (C=O) groups excluding carboxylic acids is 3. The Morgan fingerprint density at radius 2 is 1.74 bits per heavy atom. The summed E-state index contributed by atoms with van der Waals surface area (Å²) in [4.78, 5) is 41.6. The van der Waals surface area contributed by atoms with E-state index in [1.807, 2.05) is 12.1 Å². The van der Waals surface area contributed by atoms with E-state index in [1.54, 1.807) is 49.6 Å². The largest absolute Gasteiger partial charge is 0.497 e. The zero-order valence-corrected chi connectivity index (χ0v) is 18.8. The molecule has 8 nitrogen and oxygen atoms in total. The minimum Gasteiger partial charge on any atom is -0.497 e. The number of hydrogen-bond acceptors (Lipinski definition) is 7. The van der Waals surface area contributed by atoms with Gasteiger partial charge in [0.2, 0.25) is 5.78 Å². The van der Waals surface area contributed by atoms with Crippen molar-refractivity contribution in [2.24, 2.45) is 11.8 Å². The Balaban J connectivity index is 1.52. The van der Waals surface area contributed by atoms with Crippen molar-refractivity contribution in [3.8, 4) is 17.0 Å². The summed E-state index contributed by atoms with van der Waals surface area (Å²) < 4.78 is 10.1. The van der Waals surface area contributed by atoms with Crippen molar-refractivity contribution >= 4 is 23.2 Å². The first-order valence-electron chi connectivity index (χ1n) is 11.4. The third-order valence-electron chi connectivity index (χ3n) is 6.75. The lowest BCUT2D eigenvalue weighted by molar-refractivity contribution is -0.135. The zero-order valence-electron chi connectivity index (χ0n) is 18.8. The molecular formula is C26H25N3O5. The summed E-state index contributed by atoms with van der Waals surface area (Å²) in [7, 11) is 1.55. The number of anilines is 1. The zero-order chi connectivity index (χ0) is 23.7. The molecule has 0 saturated carbocycles. The van der Waals surface area contributed by atoms with Crippen LogP contribution in [0.2, 0.25) is 0 Å². The first kappa shape index (κ1) is 22.0. The van der Waals surface area contributed by atoms with E-state index in [2.05, 4.69) is 10.5 Å². The maximum absolute atomic E-state index is 13.6. The van der Waals surface area contributed by atoms with Gasteiger partial charge in [0.1, 0.15) is 23.6 Å². The van der Waals surface area contributed by atoms with Crippen LogP contribution in [-0.2, 0) is 9.59 Å². The van der Waals surface area contributed by atoms with Gasteiger partial charge in [0.15, 0.2) is 5.78 Å². The van der Waals surface area contributed by atoms with E-state index in [0.29, 0.717) is 22.7 Å². The van der Waals surface area contributed by atoms with Crippen LogP contribution in [0.4, 0.5) is 5.69 Å². The number of methoxy groups -OCH3 is 1. The summed E-state index contributed by atoms with van der Waals surface area (Å²) in [5.74, 6) is -2.01. The smallest absolute Gasteiger partial charge is 0.295 e. The van der Waals surface area contributed by atoms with Gasteiger partial charge in [0, 0.05) is 22.9 Å². The number of aromatic nitrogens is 1.